The average Bonchev–Trinajstić information content (AvgIpc) is 3.29. The molecule has 0 bridgehead atoms. The van der Waals surface area contributed by atoms with Gasteiger partial charge in [-0.1, -0.05) is 30.3 Å². The monoisotopic (exact) mass is 435 g/mol. The van der Waals surface area contributed by atoms with Gasteiger partial charge in [0, 0.05) is 11.8 Å². The van der Waals surface area contributed by atoms with E-state index in [4.69, 9.17) is 10.5 Å². The summed E-state index contributed by atoms with van der Waals surface area (Å²) in [6.07, 6.45) is -1.60. The molecule has 4 rings (SSSR count). The molecule has 0 aliphatic carbocycles. The number of benzene rings is 1. The zero-order valence-electron chi connectivity index (χ0n) is 16.0. The van der Waals surface area contributed by atoms with E-state index in [0.717, 1.165) is 12.6 Å². The first kappa shape index (κ1) is 20.8. The predicted octanol–water partition coefficient (Wildman–Crippen LogP) is -1.83. The van der Waals surface area contributed by atoms with Crippen molar-refractivity contribution in [3.05, 3.63) is 35.9 Å². The van der Waals surface area contributed by atoms with Gasteiger partial charge in [0.05, 0.1) is 6.61 Å². The van der Waals surface area contributed by atoms with E-state index in [2.05, 4.69) is 15.0 Å². The number of amidine groups is 1. The van der Waals surface area contributed by atoms with E-state index < -0.39 is 51.6 Å². The van der Waals surface area contributed by atoms with Gasteiger partial charge in [-0.2, -0.15) is 0 Å². The zero-order chi connectivity index (χ0) is 21.7. The summed E-state index contributed by atoms with van der Waals surface area (Å²) in [4.78, 5) is 27.0. The molecule has 160 valence electrons. The fraction of sp³-hybridized carbons (Fsp3) is 0.444. The minimum atomic E-state index is -3.77. The average molecular weight is 435 g/mol. The molecule has 1 aromatic carbocycles. The van der Waals surface area contributed by atoms with E-state index in [-0.39, 0.29) is 18.2 Å². The van der Waals surface area contributed by atoms with Crippen molar-refractivity contribution in [3.63, 3.8) is 0 Å². The molecule has 3 heterocycles. The van der Waals surface area contributed by atoms with Crippen LogP contribution in [0.2, 0.25) is 0 Å². The van der Waals surface area contributed by atoms with Crippen LogP contribution in [-0.4, -0.2) is 96.1 Å². The Balaban J connectivity index is 1.68. The number of hydrogen-bond acceptors (Lipinski definition) is 11. The van der Waals surface area contributed by atoms with Crippen LogP contribution in [-0.2, 0) is 14.6 Å². The molecular weight excluding hydrogens is 414 g/mol. The highest BCUT2D eigenvalue weighted by atomic mass is 32.2. The van der Waals surface area contributed by atoms with Crippen LogP contribution in [0, 0.1) is 0 Å². The van der Waals surface area contributed by atoms with Gasteiger partial charge in [0.25, 0.3) is 0 Å². The van der Waals surface area contributed by atoms with Crippen LogP contribution in [0.5, 0.6) is 0 Å². The maximum atomic E-state index is 13.1. The summed E-state index contributed by atoms with van der Waals surface area (Å²) in [6.45, 7) is -0.660. The molecule has 0 amide bonds. The number of nitrogens with two attached hydrogens (primary N) is 1. The maximum absolute atomic E-state index is 13.1. The van der Waals surface area contributed by atoms with Gasteiger partial charge in [0.15, 0.2) is 21.9 Å². The largest absolute Gasteiger partial charge is 0.394 e. The van der Waals surface area contributed by atoms with Gasteiger partial charge in [-0.05, 0) is 0 Å². The van der Waals surface area contributed by atoms with Gasteiger partial charge in [0.2, 0.25) is 11.4 Å². The number of hydrogen-bond donors (Lipinski definition) is 3. The molecule has 4 N–H and O–H groups in total. The Bertz CT molecular complexity index is 1060. The van der Waals surface area contributed by atoms with Crippen molar-refractivity contribution in [1.82, 2.24) is 4.90 Å². The van der Waals surface area contributed by atoms with E-state index in [1.165, 1.54) is 4.90 Å². The lowest BCUT2D eigenvalue weighted by molar-refractivity contribution is -0.0557. The highest BCUT2D eigenvalue weighted by molar-refractivity contribution is 7.91. The second-order valence-corrected chi connectivity index (χ2v) is 9.51. The molecule has 12 heteroatoms. The third-order valence-electron chi connectivity index (χ3n) is 5.34. The molecule has 1 saturated heterocycles. The number of aliphatic hydroxyl groups is 2. The van der Waals surface area contributed by atoms with Gasteiger partial charge in [-0.25, -0.2) is 18.4 Å². The molecule has 11 nitrogen and oxygen atoms in total. The Hall–Kier alpha value is -2.51. The quantitative estimate of drug-likeness (QED) is 0.454. The standard InChI is InChI=1S/C18H21N5O6S/c1-30(27,28)13-12(25)11(7-24)29-17(13)23-9-21-14-16(23)20-8-22-18(14,19)15(26)10-5-3-2-4-6-10/h2-6,8,11-13,17,24-25H,7,9,19H2,1H3/t11-,12-,13-,17-,18?/m1/s1. The SMILES string of the molecule is CS(=O)(=O)[C@@H]1[C@H](O)[C@@H](CO)O[C@H]1N1CN=C2C1=NC=NC2(N)C(=O)c1ccccc1. The Labute approximate surface area is 172 Å². The molecule has 0 spiro atoms. The number of nitrogens with zero attached hydrogens (tertiary/aromatic N) is 4. The van der Waals surface area contributed by atoms with Gasteiger partial charge in [0.1, 0.15) is 36.2 Å². The Morgan fingerprint density at radius 2 is 2.07 bits per heavy atom. The molecule has 1 aromatic rings. The minimum absolute atomic E-state index is 0.0802. The van der Waals surface area contributed by atoms with E-state index in [9.17, 15) is 23.4 Å². The third kappa shape index (κ3) is 3.17. The lowest BCUT2D eigenvalue weighted by Gasteiger charge is -2.32. The molecule has 1 unspecified atom stereocenters. The van der Waals surface area contributed by atoms with Crippen molar-refractivity contribution >= 4 is 33.5 Å². The molecule has 0 radical (unpaired) electrons. The zero-order valence-corrected chi connectivity index (χ0v) is 16.8. The fourth-order valence-corrected chi connectivity index (χ4v) is 5.16. The number of fused-ring (bicyclic) bond motifs is 1. The van der Waals surface area contributed by atoms with Crippen LogP contribution >= 0.6 is 0 Å². The normalized spacial score (nSPS) is 33.3. The molecule has 3 aliphatic rings. The number of carbonyl (C=O) groups excluding carboxylic acids is 1. The molecule has 1 fully saturated rings. The highest BCUT2D eigenvalue weighted by Crippen LogP contribution is 2.33. The third-order valence-corrected chi connectivity index (χ3v) is 6.84. The number of sulfone groups is 1. The van der Waals surface area contributed by atoms with Gasteiger partial charge >= 0.3 is 0 Å². The van der Waals surface area contributed by atoms with E-state index in [1.807, 2.05) is 0 Å². The highest BCUT2D eigenvalue weighted by Gasteiger charge is 2.55. The number of aliphatic imine (C=N–C) groups is 3. The summed E-state index contributed by atoms with van der Waals surface area (Å²) in [7, 11) is -3.77. The van der Waals surface area contributed by atoms with Crippen molar-refractivity contribution in [2.24, 2.45) is 20.7 Å². The van der Waals surface area contributed by atoms with Crippen LogP contribution in [0.15, 0.2) is 45.3 Å². The van der Waals surface area contributed by atoms with Crippen molar-refractivity contribution in [2.45, 2.75) is 29.3 Å². The topological polar surface area (TPSA) is 167 Å². The summed E-state index contributed by atoms with van der Waals surface area (Å²) in [5.41, 5.74) is 4.93. The Morgan fingerprint density at radius 3 is 2.70 bits per heavy atom. The summed E-state index contributed by atoms with van der Waals surface area (Å²) in [5.74, 6) is -0.353. The predicted molar refractivity (Wildman–Crippen MR) is 108 cm³/mol. The van der Waals surface area contributed by atoms with Crippen molar-refractivity contribution in [3.8, 4) is 0 Å². The second-order valence-electron chi connectivity index (χ2n) is 7.31. The number of ether oxygens (including phenoxy) is 1. The van der Waals surface area contributed by atoms with E-state index in [1.54, 1.807) is 30.3 Å². The molecule has 0 saturated carbocycles. The number of carbonyl (C=O) groups is 1. The van der Waals surface area contributed by atoms with Crippen molar-refractivity contribution in [1.29, 1.82) is 0 Å². The van der Waals surface area contributed by atoms with Gasteiger partial charge in [-0.15, -0.1) is 0 Å². The van der Waals surface area contributed by atoms with Crippen LogP contribution in [0.3, 0.4) is 0 Å². The Morgan fingerprint density at radius 1 is 1.37 bits per heavy atom. The number of rotatable bonds is 5. The number of ketones is 1. The fourth-order valence-electron chi connectivity index (χ4n) is 3.84. The van der Waals surface area contributed by atoms with Crippen molar-refractivity contribution in [2.75, 3.05) is 19.5 Å². The van der Waals surface area contributed by atoms with Crippen LogP contribution in [0.4, 0.5) is 0 Å². The van der Waals surface area contributed by atoms with E-state index >= 15 is 0 Å². The molecule has 0 aromatic heterocycles. The maximum Gasteiger partial charge on any atom is 0.219 e. The molecule has 30 heavy (non-hydrogen) atoms. The number of aliphatic hydroxyl groups excluding tert-OH is 2. The summed E-state index contributed by atoms with van der Waals surface area (Å²) in [5, 5.41) is 18.5. The molecular formula is C18H21N5O6S. The van der Waals surface area contributed by atoms with Crippen LogP contribution < -0.4 is 5.73 Å². The molecule has 5 atom stereocenters. The van der Waals surface area contributed by atoms with Gasteiger partial charge in [-0.3, -0.25) is 15.5 Å². The molecule has 3 aliphatic heterocycles. The minimum Gasteiger partial charge on any atom is -0.394 e. The summed E-state index contributed by atoms with van der Waals surface area (Å²) in [6, 6.07) is 8.36. The lowest BCUT2D eigenvalue weighted by Crippen LogP contribution is -2.60. The first-order valence-corrected chi connectivity index (χ1v) is 11.1. The van der Waals surface area contributed by atoms with Crippen LogP contribution in [0.25, 0.3) is 0 Å². The lowest BCUT2D eigenvalue weighted by atomic mass is 9.93. The van der Waals surface area contributed by atoms with Gasteiger partial charge < -0.3 is 19.8 Å². The Kier molecular flexibility index (Phi) is 5.06. The van der Waals surface area contributed by atoms with E-state index in [0.29, 0.717) is 5.56 Å². The summed E-state index contributed by atoms with van der Waals surface area (Å²) < 4.78 is 30.3. The first-order chi connectivity index (χ1) is 14.2. The second kappa shape index (κ2) is 7.32. The summed E-state index contributed by atoms with van der Waals surface area (Å²) >= 11 is 0. The van der Waals surface area contributed by atoms with Crippen LogP contribution in [0.1, 0.15) is 10.4 Å². The first-order valence-electron chi connectivity index (χ1n) is 9.14. The van der Waals surface area contributed by atoms with Crippen molar-refractivity contribution < 1.29 is 28.2 Å². The number of Topliss-reactive ketones (excluding diaryl/α,β-unsaturated/α-hetero) is 1. The smallest absolute Gasteiger partial charge is 0.219 e.